The highest BCUT2D eigenvalue weighted by Gasteiger charge is 2.29. The van der Waals surface area contributed by atoms with E-state index in [1.165, 1.54) is 34.1 Å². The van der Waals surface area contributed by atoms with Gasteiger partial charge in [0, 0.05) is 31.7 Å². The quantitative estimate of drug-likeness (QED) is 0.338. The molecule has 2 aliphatic rings. The molecule has 0 radical (unpaired) electrons. The van der Waals surface area contributed by atoms with Crippen molar-refractivity contribution in [1.29, 1.82) is 5.26 Å². The van der Waals surface area contributed by atoms with E-state index in [4.69, 9.17) is 11.6 Å². The van der Waals surface area contributed by atoms with Gasteiger partial charge in [-0.25, -0.2) is 4.39 Å². The zero-order valence-corrected chi connectivity index (χ0v) is 22.9. The fraction of sp³-hybridized carbons (Fsp3) is 0.276. The van der Waals surface area contributed by atoms with Crippen LogP contribution in [0.15, 0.2) is 70.2 Å². The number of thiophene rings is 1. The number of anilines is 1. The van der Waals surface area contributed by atoms with Crippen LogP contribution >= 0.6 is 22.9 Å². The molecule has 38 heavy (non-hydrogen) atoms. The molecule has 3 heterocycles. The van der Waals surface area contributed by atoms with Gasteiger partial charge in [-0.1, -0.05) is 42.5 Å². The van der Waals surface area contributed by atoms with Crippen molar-refractivity contribution in [1.82, 2.24) is 9.47 Å². The maximum atomic E-state index is 13.7. The number of nitrogens with zero attached hydrogens (tertiary/aromatic N) is 4. The van der Waals surface area contributed by atoms with E-state index < -0.39 is 11.4 Å². The average Bonchev–Trinajstić information content (AvgIpc) is 3.42. The third-order valence-corrected chi connectivity index (χ3v) is 7.94. The highest BCUT2D eigenvalue weighted by Crippen LogP contribution is 2.34. The van der Waals surface area contributed by atoms with E-state index in [-0.39, 0.29) is 23.4 Å². The van der Waals surface area contributed by atoms with Gasteiger partial charge < -0.3 is 14.4 Å². The van der Waals surface area contributed by atoms with Gasteiger partial charge in [0.05, 0.1) is 28.2 Å². The van der Waals surface area contributed by atoms with Crippen molar-refractivity contribution in [3.63, 3.8) is 0 Å². The molecule has 196 valence electrons. The molecule has 2 aromatic heterocycles. The summed E-state index contributed by atoms with van der Waals surface area (Å²) < 4.78 is 15.1. The van der Waals surface area contributed by atoms with E-state index in [1.54, 1.807) is 24.0 Å². The zero-order valence-electron chi connectivity index (χ0n) is 21.3. The van der Waals surface area contributed by atoms with E-state index in [2.05, 4.69) is 12.6 Å². The lowest BCUT2D eigenvalue weighted by molar-refractivity contribution is 0.0751. The van der Waals surface area contributed by atoms with Gasteiger partial charge in [-0.3, -0.25) is 9.59 Å². The van der Waals surface area contributed by atoms with Gasteiger partial charge in [0.1, 0.15) is 17.5 Å². The van der Waals surface area contributed by atoms with Crippen LogP contribution in [-0.2, 0) is 6.54 Å². The number of piperazine rings is 1. The van der Waals surface area contributed by atoms with Crippen molar-refractivity contribution in [3.05, 3.63) is 97.4 Å². The van der Waals surface area contributed by atoms with Crippen molar-refractivity contribution < 1.29 is 9.18 Å². The van der Waals surface area contributed by atoms with Crippen LogP contribution in [-0.4, -0.2) is 46.9 Å². The van der Waals surface area contributed by atoms with E-state index in [0.29, 0.717) is 53.6 Å². The minimum Gasteiger partial charge on any atom is -0.366 e. The Morgan fingerprint density at radius 1 is 1.32 bits per heavy atom. The second kappa shape index (κ2) is 11.8. The summed E-state index contributed by atoms with van der Waals surface area (Å²) in [6, 6.07) is 5.79. The summed E-state index contributed by atoms with van der Waals surface area (Å²) in [4.78, 5) is 31.0. The number of allylic oxidation sites excluding steroid dienone is 7. The van der Waals surface area contributed by atoms with Crippen molar-refractivity contribution in [2.45, 2.75) is 25.8 Å². The monoisotopic (exact) mass is 550 g/mol. The molecule has 1 fully saturated rings. The molecule has 0 spiro atoms. The van der Waals surface area contributed by atoms with Gasteiger partial charge in [0.2, 0.25) is 0 Å². The van der Waals surface area contributed by atoms with Crippen molar-refractivity contribution in [2.75, 3.05) is 31.1 Å². The molecular formula is C29H28ClFN4O2S. The van der Waals surface area contributed by atoms with Crippen LogP contribution in [0.5, 0.6) is 0 Å². The van der Waals surface area contributed by atoms with Crippen LogP contribution in [0, 0.1) is 11.3 Å². The van der Waals surface area contributed by atoms with Gasteiger partial charge in [-0.15, -0.1) is 22.9 Å². The van der Waals surface area contributed by atoms with Crippen LogP contribution in [0.4, 0.5) is 10.1 Å². The fourth-order valence-corrected chi connectivity index (χ4v) is 5.36. The second-order valence-electron chi connectivity index (χ2n) is 9.10. The molecular weight excluding hydrogens is 523 g/mol. The predicted molar refractivity (Wildman–Crippen MR) is 153 cm³/mol. The van der Waals surface area contributed by atoms with Gasteiger partial charge in [0.25, 0.3) is 11.5 Å². The van der Waals surface area contributed by atoms with Gasteiger partial charge in [-0.2, -0.15) is 5.26 Å². The van der Waals surface area contributed by atoms with E-state index in [0.717, 1.165) is 5.57 Å². The normalized spacial score (nSPS) is 17.7. The molecule has 1 unspecified atom stereocenters. The summed E-state index contributed by atoms with van der Waals surface area (Å²) in [7, 11) is 0. The van der Waals surface area contributed by atoms with Crippen LogP contribution < -0.4 is 10.5 Å². The molecule has 1 aliphatic heterocycles. The first-order chi connectivity index (χ1) is 18.2. The number of alkyl halides is 1. The first-order valence-electron chi connectivity index (χ1n) is 12.2. The van der Waals surface area contributed by atoms with Crippen LogP contribution in [0.2, 0.25) is 0 Å². The van der Waals surface area contributed by atoms with Gasteiger partial charge in [0.15, 0.2) is 0 Å². The number of pyridine rings is 1. The first kappa shape index (κ1) is 27.4. The Labute approximate surface area is 230 Å². The zero-order chi connectivity index (χ0) is 27.4. The lowest BCUT2D eigenvalue weighted by atomic mass is 10.0. The number of rotatable bonds is 6. The number of fused-ring (bicyclic) bond motifs is 1. The largest absolute Gasteiger partial charge is 0.366 e. The van der Waals surface area contributed by atoms with Crippen LogP contribution in [0.1, 0.15) is 40.3 Å². The Hall–Kier alpha value is -3.67. The number of hydrogen-bond acceptors (Lipinski definition) is 5. The third-order valence-electron chi connectivity index (χ3n) is 6.59. The lowest BCUT2D eigenvalue weighted by Crippen LogP contribution is -2.49. The highest BCUT2D eigenvalue weighted by atomic mass is 35.5. The Bertz CT molecular complexity index is 1470. The molecule has 0 aromatic carbocycles. The summed E-state index contributed by atoms with van der Waals surface area (Å²) in [6.07, 6.45) is 9.66. The van der Waals surface area contributed by atoms with E-state index in [9.17, 15) is 19.2 Å². The molecule has 2 aromatic rings. The van der Waals surface area contributed by atoms with Crippen LogP contribution in [0.3, 0.4) is 0 Å². The van der Waals surface area contributed by atoms with Crippen molar-refractivity contribution in [3.8, 4) is 6.07 Å². The number of aromatic nitrogens is 1. The van der Waals surface area contributed by atoms with Crippen molar-refractivity contribution in [2.24, 2.45) is 0 Å². The average molecular weight is 551 g/mol. The van der Waals surface area contributed by atoms with Crippen molar-refractivity contribution >= 4 is 46.7 Å². The summed E-state index contributed by atoms with van der Waals surface area (Å²) >= 11 is 7.94. The molecule has 1 atom stereocenters. The molecule has 4 rings (SSSR count). The maximum absolute atomic E-state index is 13.7. The lowest BCUT2D eigenvalue weighted by Gasteiger charge is -2.37. The Morgan fingerprint density at radius 3 is 2.68 bits per heavy atom. The van der Waals surface area contributed by atoms with Crippen LogP contribution in [0.25, 0.3) is 12.2 Å². The minimum atomic E-state index is -0.455. The fourth-order valence-electron chi connectivity index (χ4n) is 4.53. The smallest absolute Gasteiger partial charge is 0.271 e. The molecule has 0 saturated carbocycles. The summed E-state index contributed by atoms with van der Waals surface area (Å²) in [5.41, 5.74) is 2.80. The van der Waals surface area contributed by atoms with Gasteiger partial charge >= 0.3 is 0 Å². The number of carbonyl (C=O) groups is 1. The predicted octanol–water partition coefficient (Wildman–Crippen LogP) is 5.77. The van der Waals surface area contributed by atoms with E-state index >= 15 is 0 Å². The molecule has 1 saturated heterocycles. The summed E-state index contributed by atoms with van der Waals surface area (Å²) in [6.45, 7) is 9.43. The Kier molecular flexibility index (Phi) is 8.50. The second-order valence-corrected chi connectivity index (χ2v) is 10.5. The van der Waals surface area contributed by atoms with E-state index in [1.807, 2.05) is 35.4 Å². The van der Waals surface area contributed by atoms with Gasteiger partial charge in [-0.05, 0) is 43.0 Å². The summed E-state index contributed by atoms with van der Waals surface area (Å²) in [5, 5.41) is 11.6. The Balaban J connectivity index is 1.75. The SMILES string of the molecule is C=C(/C=C\C(F)=C/C)Cn1c2c(c(N3CCN(C(=O)c4cccs4)CC3)c(C#N)c1=O)C=C(C)C(Cl)C=C2. The number of carbonyl (C=O) groups excluding carboxylic acids is 1. The topological polar surface area (TPSA) is 69.3 Å². The Morgan fingerprint density at radius 2 is 2.05 bits per heavy atom. The standard InChI is InChI=1S/C29H28ClFN4O2S/c1-4-21(31)8-7-19(2)18-35-25-10-9-24(30)20(3)16-22(25)27(23(17-32)28(35)36)33-11-13-34(14-12-33)29(37)26-6-5-15-38-26/h4-10,15-16,24H,2,11-14,18H2,1,3H3/b8-7-,21-4+. The number of hydrogen-bond donors (Lipinski definition) is 0. The molecule has 0 N–H and O–H groups in total. The summed E-state index contributed by atoms with van der Waals surface area (Å²) in [5.74, 6) is -0.426. The first-order valence-corrected chi connectivity index (χ1v) is 13.5. The molecule has 1 amide bonds. The number of nitriles is 1. The molecule has 9 heteroatoms. The maximum Gasteiger partial charge on any atom is 0.271 e. The minimum absolute atomic E-state index is 0.0148. The number of halogens is 2. The third kappa shape index (κ3) is 5.59. The molecule has 0 bridgehead atoms. The highest BCUT2D eigenvalue weighted by molar-refractivity contribution is 7.12. The molecule has 1 aliphatic carbocycles. The molecule has 6 nitrogen and oxygen atoms in total. The number of amides is 1.